The maximum absolute atomic E-state index is 13.0. The molecule has 5 nitrogen and oxygen atoms in total. The van der Waals surface area contributed by atoms with E-state index in [2.05, 4.69) is 5.32 Å². The van der Waals surface area contributed by atoms with Crippen molar-refractivity contribution in [1.29, 1.82) is 0 Å². The highest BCUT2D eigenvalue weighted by molar-refractivity contribution is 5.94. The molecule has 0 saturated carbocycles. The number of carbonyl (C=O) groups excluding carboxylic acids is 2. The Morgan fingerprint density at radius 3 is 2.16 bits per heavy atom. The number of halogens is 3. The first-order valence-electron chi connectivity index (χ1n) is 10.5. The number of alkyl halides is 3. The summed E-state index contributed by atoms with van der Waals surface area (Å²) in [7, 11) is 0. The predicted molar refractivity (Wildman–Crippen MR) is 118 cm³/mol. The number of hydrogen-bond donors (Lipinski definition) is 1. The first-order chi connectivity index (χ1) is 14.9. The zero-order chi connectivity index (χ0) is 23.5. The van der Waals surface area contributed by atoms with Gasteiger partial charge in [-0.25, -0.2) is 4.79 Å². The highest BCUT2D eigenvalue weighted by atomic mass is 19.4. The van der Waals surface area contributed by atoms with E-state index in [9.17, 15) is 22.8 Å². The van der Waals surface area contributed by atoms with E-state index in [0.717, 1.165) is 18.6 Å². The van der Waals surface area contributed by atoms with Crippen molar-refractivity contribution in [3.8, 4) is 0 Å². The molecular formula is C24H28F3N3O2. The summed E-state index contributed by atoms with van der Waals surface area (Å²) in [6.07, 6.45) is -3.23. The fraction of sp³-hybridized carbons (Fsp3) is 0.417. The lowest BCUT2D eigenvalue weighted by Crippen LogP contribution is -2.49. The molecule has 0 bridgehead atoms. The van der Waals surface area contributed by atoms with Crippen molar-refractivity contribution in [2.24, 2.45) is 5.41 Å². The smallest absolute Gasteiger partial charge is 0.326 e. The van der Waals surface area contributed by atoms with Crippen LogP contribution in [0.1, 0.15) is 44.7 Å². The number of anilines is 2. The Morgan fingerprint density at radius 2 is 1.59 bits per heavy atom. The van der Waals surface area contributed by atoms with Crippen LogP contribution in [0.2, 0.25) is 0 Å². The number of rotatable bonds is 5. The Hall–Kier alpha value is -3.03. The lowest BCUT2D eigenvalue weighted by atomic mass is 9.92. The summed E-state index contributed by atoms with van der Waals surface area (Å²) in [6.45, 7) is 7.32. The van der Waals surface area contributed by atoms with Gasteiger partial charge < -0.3 is 10.2 Å². The average Bonchev–Trinajstić information content (AvgIpc) is 2.69. The van der Waals surface area contributed by atoms with Crippen LogP contribution in [-0.2, 0) is 17.5 Å². The van der Waals surface area contributed by atoms with Gasteiger partial charge in [0.25, 0.3) is 0 Å². The molecule has 172 valence electrons. The first-order valence-corrected chi connectivity index (χ1v) is 10.5. The molecular weight excluding hydrogens is 419 g/mol. The SMILES string of the molecule is CC(C)(C)CC(=O)Nc1ccc(N2CCCN(Cc3ccc(C(F)(F)F)cc3)C2=O)cc1. The topological polar surface area (TPSA) is 52.7 Å². The number of amides is 3. The van der Waals surface area contributed by atoms with Crippen LogP contribution in [-0.4, -0.2) is 29.9 Å². The van der Waals surface area contributed by atoms with E-state index in [1.165, 1.54) is 12.1 Å². The van der Waals surface area contributed by atoms with Gasteiger partial charge in [-0.2, -0.15) is 13.2 Å². The molecule has 32 heavy (non-hydrogen) atoms. The van der Waals surface area contributed by atoms with Gasteiger partial charge in [-0.1, -0.05) is 32.9 Å². The van der Waals surface area contributed by atoms with Crippen molar-refractivity contribution in [2.45, 2.75) is 46.3 Å². The largest absolute Gasteiger partial charge is 0.416 e. The van der Waals surface area contributed by atoms with Crippen LogP contribution < -0.4 is 10.2 Å². The number of urea groups is 1. The second-order valence-electron chi connectivity index (χ2n) is 9.24. The summed E-state index contributed by atoms with van der Waals surface area (Å²) in [6, 6.07) is 11.8. The maximum Gasteiger partial charge on any atom is 0.416 e. The third-order valence-corrected chi connectivity index (χ3v) is 5.12. The molecule has 0 aliphatic carbocycles. The minimum absolute atomic E-state index is 0.0676. The Labute approximate surface area is 186 Å². The van der Waals surface area contributed by atoms with Gasteiger partial charge in [0, 0.05) is 37.4 Å². The van der Waals surface area contributed by atoms with Crippen LogP contribution in [0.5, 0.6) is 0 Å². The first kappa shape index (κ1) is 23.6. The lowest BCUT2D eigenvalue weighted by Gasteiger charge is -2.35. The molecule has 0 atom stereocenters. The predicted octanol–water partition coefficient (Wildman–Crippen LogP) is 5.91. The van der Waals surface area contributed by atoms with E-state index in [1.54, 1.807) is 34.1 Å². The van der Waals surface area contributed by atoms with Crippen LogP contribution >= 0.6 is 0 Å². The zero-order valence-electron chi connectivity index (χ0n) is 18.5. The van der Waals surface area contributed by atoms with Crippen molar-refractivity contribution in [2.75, 3.05) is 23.3 Å². The fourth-order valence-corrected chi connectivity index (χ4v) is 3.60. The van der Waals surface area contributed by atoms with Gasteiger partial charge in [-0.3, -0.25) is 9.69 Å². The second-order valence-corrected chi connectivity index (χ2v) is 9.24. The summed E-state index contributed by atoms with van der Waals surface area (Å²) in [5, 5.41) is 2.86. The maximum atomic E-state index is 13.0. The highest BCUT2D eigenvalue weighted by Gasteiger charge is 2.31. The second kappa shape index (κ2) is 9.22. The molecule has 2 aromatic carbocycles. The number of carbonyl (C=O) groups is 2. The molecule has 1 aliphatic rings. The van der Waals surface area contributed by atoms with Gasteiger partial charge in [-0.15, -0.1) is 0 Å². The van der Waals surface area contributed by atoms with Crippen molar-refractivity contribution in [1.82, 2.24) is 4.90 Å². The molecule has 0 unspecified atom stereocenters. The molecule has 1 N–H and O–H groups in total. The molecule has 3 amide bonds. The van der Waals surface area contributed by atoms with Crippen LogP contribution in [0.3, 0.4) is 0 Å². The van der Waals surface area contributed by atoms with Crippen molar-refractivity contribution in [3.05, 3.63) is 59.7 Å². The van der Waals surface area contributed by atoms with Gasteiger partial charge in [-0.05, 0) is 53.8 Å². The van der Waals surface area contributed by atoms with Gasteiger partial charge in [0.1, 0.15) is 0 Å². The third kappa shape index (κ3) is 6.24. The van der Waals surface area contributed by atoms with Gasteiger partial charge >= 0.3 is 12.2 Å². The minimum Gasteiger partial charge on any atom is -0.326 e. The highest BCUT2D eigenvalue weighted by Crippen LogP contribution is 2.30. The molecule has 1 aliphatic heterocycles. The van der Waals surface area contributed by atoms with Gasteiger partial charge in [0.15, 0.2) is 0 Å². The van der Waals surface area contributed by atoms with E-state index >= 15 is 0 Å². The van der Waals surface area contributed by atoms with Crippen molar-refractivity contribution < 1.29 is 22.8 Å². The molecule has 1 heterocycles. The van der Waals surface area contributed by atoms with E-state index < -0.39 is 11.7 Å². The lowest BCUT2D eigenvalue weighted by molar-refractivity contribution is -0.137. The van der Waals surface area contributed by atoms with Crippen LogP contribution in [0.15, 0.2) is 48.5 Å². The van der Waals surface area contributed by atoms with E-state index in [1.807, 2.05) is 20.8 Å². The van der Waals surface area contributed by atoms with E-state index in [4.69, 9.17) is 0 Å². The van der Waals surface area contributed by atoms with Crippen LogP contribution in [0.4, 0.5) is 29.3 Å². The quantitative estimate of drug-likeness (QED) is 0.619. The number of benzene rings is 2. The fourth-order valence-electron chi connectivity index (χ4n) is 3.60. The van der Waals surface area contributed by atoms with Crippen LogP contribution in [0.25, 0.3) is 0 Å². The minimum atomic E-state index is -4.38. The average molecular weight is 448 g/mol. The molecule has 1 saturated heterocycles. The monoisotopic (exact) mass is 447 g/mol. The van der Waals surface area contributed by atoms with Gasteiger partial charge in [0.2, 0.25) is 5.91 Å². The Kier molecular flexibility index (Phi) is 6.81. The third-order valence-electron chi connectivity index (χ3n) is 5.12. The molecule has 0 aromatic heterocycles. The van der Waals surface area contributed by atoms with Gasteiger partial charge in [0.05, 0.1) is 5.56 Å². The molecule has 0 spiro atoms. The summed E-state index contributed by atoms with van der Waals surface area (Å²) in [4.78, 5) is 28.4. The number of hydrogen-bond acceptors (Lipinski definition) is 2. The summed E-state index contributed by atoms with van der Waals surface area (Å²) < 4.78 is 38.3. The van der Waals surface area contributed by atoms with Crippen molar-refractivity contribution >= 4 is 23.3 Å². The molecule has 1 fully saturated rings. The molecule has 8 heteroatoms. The molecule has 0 radical (unpaired) electrons. The summed E-state index contributed by atoms with van der Waals surface area (Å²) in [5.41, 5.74) is 1.20. The zero-order valence-corrected chi connectivity index (χ0v) is 18.5. The normalized spacial score (nSPS) is 15.1. The molecule has 3 rings (SSSR count). The Balaban J connectivity index is 1.64. The van der Waals surface area contributed by atoms with Crippen LogP contribution in [0, 0.1) is 5.41 Å². The number of nitrogens with one attached hydrogen (secondary N) is 1. The Morgan fingerprint density at radius 1 is 0.969 bits per heavy atom. The standard InChI is InChI=1S/C24H28F3N3O2/c1-23(2,3)15-21(31)28-19-9-11-20(12-10-19)30-14-4-13-29(22(30)32)16-17-5-7-18(8-6-17)24(25,26)27/h5-12H,4,13-16H2,1-3H3,(H,28,31). The van der Waals surface area contributed by atoms with E-state index in [-0.39, 0.29) is 23.9 Å². The number of nitrogens with zero attached hydrogens (tertiary/aromatic N) is 2. The Bertz CT molecular complexity index is 948. The van der Waals surface area contributed by atoms with E-state index in [0.29, 0.717) is 36.4 Å². The summed E-state index contributed by atoms with van der Waals surface area (Å²) >= 11 is 0. The van der Waals surface area contributed by atoms with Crippen molar-refractivity contribution in [3.63, 3.8) is 0 Å². The molecule has 2 aromatic rings. The summed E-state index contributed by atoms with van der Waals surface area (Å²) in [5.74, 6) is -0.0676.